The van der Waals surface area contributed by atoms with Gasteiger partial charge in [-0.2, -0.15) is 0 Å². The largest absolute Gasteiger partial charge is 0.435 e. The van der Waals surface area contributed by atoms with E-state index < -0.39 is 12.3 Å². The average molecular weight is 346 g/mol. The zero-order valence-corrected chi connectivity index (χ0v) is 12.2. The minimum atomic E-state index is -0.634. The van der Waals surface area contributed by atoms with E-state index in [0.717, 1.165) is 0 Å². The minimum Gasteiger partial charge on any atom is -0.435 e. The Morgan fingerprint density at radius 1 is 1.12 bits per heavy atom. The Balaban J connectivity index is -0.000000128. The van der Waals surface area contributed by atoms with Crippen LogP contribution < -0.4 is 0 Å². The molecule has 0 N–H and O–H groups in total. The molecule has 2 aliphatic heterocycles. The van der Waals surface area contributed by atoms with Gasteiger partial charge in [-0.3, -0.25) is 9.59 Å². The van der Waals surface area contributed by atoms with Gasteiger partial charge < -0.3 is 19.0 Å². The number of carbonyl (C=O) groups is 4. The predicted octanol–water partition coefficient (Wildman–Crippen LogP) is 2.98. The predicted molar refractivity (Wildman–Crippen MR) is 92.1 cm³/mol. The Morgan fingerprint density at radius 2 is 1.62 bits per heavy atom. The van der Waals surface area contributed by atoms with E-state index in [1.165, 1.54) is 32.9 Å². The topological polar surface area (TPSA) is 96.0 Å². The van der Waals surface area contributed by atoms with E-state index in [0.29, 0.717) is 5.76 Å². The van der Waals surface area contributed by atoms with Crippen LogP contribution in [-0.4, -0.2) is 36.4 Å². The molecule has 0 saturated carbocycles. The molecule has 2 aliphatic rings. The number of esters is 2. The third-order valence-electron chi connectivity index (χ3n) is 1.76. The molecule has 0 bridgehead atoms. The SMILES string of the molecule is C.C.C.C=C1C=CC(=O)O1.CC(=O)OC1CC(=O)CO1.CC(C)=O. The van der Waals surface area contributed by atoms with Gasteiger partial charge in [-0.1, -0.05) is 28.9 Å². The smallest absolute Gasteiger partial charge is 0.336 e. The fourth-order valence-electron chi connectivity index (χ4n) is 1.11. The van der Waals surface area contributed by atoms with Crippen molar-refractivity contribution in [2.24, 2.45) is 0 Å². The van der Waals surface area contributed by atoms with Gasteiger partial charge in [0.15, 0.2) is 5.78 Å². The van der Waals surface area contributed by atoms with Crippen molar-refractivity contribution in [3.05, 3.63) is 24.5 Å². The lowest BCUT2D eigenvalue weighted by Gasteiger charge is -2.06. The van der Waals surface area contributed by atoms with Gasteiger partial charge in [-0.05, 0) is 19.9 Å². The van der Waals surface area contributed by atoms with Crippen LogP contribution >= 0.6 is 0 Å². The summed E-state index contributed by atoms with van der Waals surface area (Å²) in [6.45, 7) is 7.78. The monoisotopic (exact) mass is 346 g/mol. The summed E-state index contributed by atoms with van der Waals surface area (Å²) in [6.07, 6.45) is 2.43. The number of Topliss-reactive ketones (excluding diaryl/α,β-unsaturated/α-hetero) is 2. The van der Waals surface area contributed by atoms with Crippen LogP contribution in [0.15, 0.2) is 24.5 Å². The van der Waals surface area contributed by atoms with E-state index in [4.69, 9.17) is 4.74 Å². The van der Waals surface area contributed by atoms with Gasteiger partial charge in [0.1, 0.15) is 18.1 Å². The highest BCUT2D eigenvalue weighted by Gasteiger charge is 2.24. The first-order chi connectivity index (χ1) is 9.70. The van der Waals surface area contributed by atoms with Crippen molar-refractivity contribution < 1.29 is 33.4 Å². The van der Waals surface area contributed by atoms with E-state index in [-0.39, 0.29) is 52.8 Å². The molecule has 140 valence electrons. The maximum atomic E-state index is 10.5. The van der Waals surface area contributed by atoms with Crippen LogP contribution in [0.1, 0.15) is 49.5 Å². The van der Waals surface area contributed by atoms with Gasteiger partial charge in [0.2, 0.25) is 6.29 Å². The normalized spacial score (nSPS) is 16.6. The summed E-state index contributed by atoms with van der Waals surface area (Å²) in [5, 5.41) is 0. The molecular formula is C17H30O7. The molecule has 0 radical (unpaired) electrons. The van der Waals surface area contributed by atoms with Crippen molar-refractivity contribution in [1.82, 2.24) is 0 Å². The number of hydrogen-bond acceptors (Lipinski definition) is 7. The van der Waals surface area contributed by atoms with E-state index in [1.807, 2.05) is 0 Å². The van der Waals surface area contributed by atoms with Crippen molar-refractivity contribution in [3.63, 3.8) is 0 Å². The van der Waals surface area contributed by atoms with Gasteiger partial charge >= 0.3 is 11.9 Å². The Hall–Kier alpha value is -2.28. The fourth-order valence-corrected chi connectivity index (χ4v) is 1.11. The summed E-state index contributed by atoms with van der Waals surface area (Å²) in [5.41, 5.74) is 0. The lowest BCUT2D eigenvalue weighted by molar-refractivity contribution is -0.167. The van der Waals surface area contributed by atoms with Crippen molar-refractivity contribution in [2.45, 2.75) is 55.8 Å². The molecule has 1 fully saturated rings. The molecule has 1 saturated heterocycles. The molecule has 7 heteroatoms. The number of allylic oxidation sites excluding steroid dienone is 1. The second-order valence-electron chi connectivity index (χ2n) is 4.22. The van der Waals surface area contributed by atoms with Crippen LogP contribution in [0.2, 0.25) is 0 Å². The fraction of sp³-hybridized carbons (Fsp3) is 0.529. The first-order valence-corrected chi connectivity index (χ1v) is 6.07. The molecule has 0 aromatic carbocycles. The van der Waals surface area contributed by atoms with Gasteiger partial charge in [0, 0.05) is 13.0 Å². The zero-order valence-electron chi connectivity index (χ0n) is 12.2. The molecule has 1 unspecified atom stereocenters. The molecule has 2 heterocycles. The van der Waals surface area contributed by atoms with E-state index in [9.17, 15) is 19.2 Å². The molecule has 0 aromatic heterocycles. The second kappa shape index (κ2) is 15.6. The van der Waals surface area contributed by atoms with Crippen molar-refractivity contribution in [1.29, 1.82) is 0 Å². The number of hydrogen-bond donors (Lipinski definition) is 0. The summed E-state index contributed by atoms with van der Waals surface area (Å²) in [4.78, 5) is 40.3. The number of cyclic esters (lactones) is 1. The van der Waals surface area contributed by atoms with Crippen molar-refractivity contribution >= 4 is 23.5 Å². The highest BCUT2D eigenvalue weighted by Crippen LogP contribution is 2.09. The van der Waals surface area contributed by atoms with Crippen LogP contribution in [0.3, 0.4) is 0 Å². The maximum Gasteiger partial charge on any atom is 0.336 e. The van der Waals surface area contributed by atoms with Crippen molar-refractivity contribution in [3.8, 4) is 0 Å². The second-order valence-corrected chi connectivity index (χ2v) is 4.22. The molecule has 0 aromatic rings. The van der Waals surface area contributed by atoms with E-state index in [2.05, 4.69) is 16.1 Å². The maximum absolute atomic E-state index is 10.5. The number of ether oxygens (including phenoxy) is 3. The molecule has 0 spiro atoms. The Bertz CT molecular complexity index is 444. The van der Waals surface area contributed by atoms with Gasteiger partial charge in [-0.15, -0.1) is 0 Å². The molecule has 2 rings (SSSR count). The van der Waals surface area contributed by atoms with E-state index >= 15 is 0 Å². The molecule has 1 atom stereocenters. The Kier molecular flexibility index (Phi) is 19.3. The third kappa shape index (κ3) is 17.8. The standard InChI is InChI=1S/C6H8O4.C5H4O2.C3H6O.3CH4/c1-4(7)10-6-2-5(8)3-9-6;1-4-2-3-5(6)7-4;1-3(2)4;;;/h6H,2-3H2,1H3;2-3H,1H2;1-2H3;3*1H4. The Morgan fingerprint density at radius 3 is 1.83 bits per heavy atom. The summed E-state index contributed by atoms with van der Waals surface area (Å²) >= 11 is 0. The van der Waals surface area contributed by atoms with Crippen molar-refractivity contribution in [2.75, 3.05) is 6.61 Å². The van der Waals surface area contributed by atoms with Crippen LogP contribution in [0, 0.1) is 0 Å². The van der Waals surface area contributed by atoms with Crippen LogP contribution in [-0.2, 0) is 33.4 Å². The first kappa shape index (κ1) is 29.7. The van der Waals surface area contributed by atoms with Gasteiger partial charge in [-0.25, -0.2) is 4.79 Å². The highest BCUT2D eigenvalue weighted by molar-refractivity contribution is 5.86. The molecule has 0 aliphatic carbocycles. The number of rotatable bonds is 1. The lowest BCUT2D eigenvalue weighted by atomic mass is 10.3. The highest BCUT2D eigenvalue weighted by atomic mass is 16.7. The van der Waals surface area contributed by atoms with Crippen LogP contribution in [0.5, 0.6) is 0 Å². The summed E-state index contributed by atoms with van der Waals surface area (Å²) < 4.78 is 13.8. The van der Waals surface area contributed by atoms with E-state index in [1.54, 1.807) is 0 Å². The van der Waals surface area contributed by atoms with Gasteiger partial charge in [0.05, 0.1) is 6.42 Å². The lowest BCUT2D eigenvalue weighted by Crippen LogP contribution is -2.14. The van der Waals surface area contributed by atoms with Gasteiger partial charge in [0.25, 0.3) is 0 Å². The third-order valence-corrected chi connectivity index (χ3v) is 1.76. The molecule has 24 heavy (non-hydrogen) atoms. The molecular weight excluding hydrogens is 316 g/mol. The average Bonchev–Trinajstić information content (AvgIpc) is 2.87. The zero-order chi connectivity index (χ0) is 16.4. The minimum absolute atomic E-state index is 0. The molecule has 0 amide bonds. The quantitative estimate of drug-likeness (QED) is 0.673. The summed E-state index contributed by atoms with van der Waals surface area (Å²) in [6, 6.07) is 0. The number of carbonyl (C=O) groups excluding carboxylic acids is 4. The number of ketones is 2. The van der Waals surface area contributed by atoms with Crippen LogP contribution in [0.25, 0.3) is 0 Å². The Labute approximate surface area is 144 Å². The van der Waals surface area contributed by atoms with Crippen LogP contribution in [0.4, 0.5) is 0 Å². The first-order valence-electron chi connectivity index (χ1n) is 6.07. The summed E-state index contributed by atoms with van der Waals surface area (Å²) in [5.74, 6) is -0.180. The molecule has 7 nitrogen and oxygen atoms in total. The summed E-state index contributed by atoms with van der Waals surface area (Å²) in [7, 11) is 0.